The van der Waals surface area contributed by atoms with Crippen LogP contribution < -0.4 is 44.5 Å². The fourth-order valence-corrected chi connectivity index (χ4v) is 3.16. The third-order valence-electron chi connectivity index (χ3n) is 4.64. The van der Waals surface area contributed by atoms with Gasteiger partial charge in [-0.2, -0.15) is 0 Å². The van der Waals surface area contributed by atoms with Crippen LogP contribution in [0.2, 0.25) is 0 Å². The Bertz CT molecular complexity index is 980. The summed E-state index contributed by atoms with van der Waals surface area (Å²) in [5.74, 6) is 5.25. The predicted molar refractivity (Wildman–Crippen MR) is 130 cm³/mol. The summed E-state index contributed by atoms with van der Waals surface area (Å²) in [6.07, 6.45) is 3.38. The van der Waals surface area contributed by atoms with Crippen LogP contribution in [0.5, 0.6) is 5.75 Å². The van der Waals surface area contributed by atoms with Crippen molar-refractivity contribution in [3.8, 4) is 17.0 Å². The number of hydrogen-bond donors (Lipinski definition) is 2. The molecule has 0 aliphatic carbocycles. The molecule has 1 unspecified atom stereocenters. The number of aromatic nitrogens is 2. The van der Waals surface area contributed by atoms with Gasteiger partial charge in [0.05, 0.1) is 13.6 Å². The zero-order chi connectivity index (χ0) is 26.2. The molecule has 2 rings (SSSR count). The number of nitrogens with zero attached hydrogens (tertiary/aromatic N) is 2. The lowest BCUT2D eigenvalue weighted by Crippen LogP contribution is -3.00. The van der Waals surface area contributed by atoms with E-state index in [9.17, 15) is 9.59 Å². The Morgan fingerprint density at radius 3 is 2.22 bits per heavy atom. The van der Waals surface area contributed by atoms with Gasteiger partial charge in [0.2, 0.25) is 12.4 Å². The molecule has 0 bridgehead atoms. The average Bonchev–Trinajstić information content (AvgIpc) is 3.10. The first-order valence-electron chi connectivity index (χ1n) is 11.6. The van der Waals surface area contributed by atoms with Gasteiger partial charge in [0.25, 0.3) is 0 Å². The van der Waals surface area contributed by atoms with Gasteiger partial charge in [0, 0.05) is 18.5 Å². The molecule has 0 radical (unpaired) electrons. The number of ether oxygens (including phenoxy) is 3. The summed E-state index contributed by atoms with van der Waals surface area (Å²) in [5.41, 5.74) is 0.875. The summed E-state index contributed by atoms with van der Waals surface area (Å²) in [6.45, 7) is 12.0. The average molecular weight is 619 g/mol. The first kappa shape index (κ1) is 31.6. The number of carbonyl (C=O) groups is 2. The third kappa shape index (κ3) is 11.1. The van der Waals surface area contributed by atoms with Crippen LogP contribution in [-0.2, 0) is 32.7 Å². The molecule has 0 aliphatic heterocycles. The Labute approximate surface area is 230 Å². The van der Waals surface area contributed by atoms with E-state index in [1.54, 1.807) is 20.8 Å². The molecule has 11 heteroatoms. The molecule has 36 heavy (non-hydrogen) atoms. The van der Waals surface area contributed by atoms with Crippen molar-refractivity contribution < 1.29 is 57.2 Å². The molecule has 3 N–H and O–H groups in total. The van der Waals surface area contributed by atoms with Crippen LogP contribution in [0.4, 0.5) is 4.79 Å². The molecular weight excluding hydrogens is 579 g/mol. The number of aryl methyl sites for hydroxylation is 2. The summed E-state index contributed by atoms with van der Waals surface area (Å²) in [6, 6.07) is 7.51. The summed E-state index contributed by atoms with van der Waals surface area (Å²) in [5, 5.41) is 2.77. The lowest BCUT2D eigenvalue weighted by atomic mass is 10.1. The maximum absolute atomic E-state index is 12.1. The fourth-order valence-electron chi connectivity index (χ4n) is 3.16. The highest BCUT2D eigenvalue weighted by Gasteiger charge is 2.26. The molecule has 10 nitrogen and oxygen atoms in total. The minimum atomic E-state index is -1.02. The van der Waals surface area contributed by atoms with E-state index in [1.807, 2.05) is 69.2 Å². The molecule has 1 aromatic carbocycles. The van der Waals surface area contributed by atoms with Crippen molar-refractivity contribution >= 4 is 12.1 Å². The van der Waals surface area contributed by atoms with Crippen molar-refractivity contribution in [2.75, 3.05) is 13.2 Å². The monoisotopic (exact) mass is 618 g/mol. The summed E-state index contributed by atoms with van der Waals surface area (Å²) in [7, 11) is 1.97. The van der Waals surface area contributed by atoms with E-state index in [1.165, 1.54) is 0 Å². The Hall–Kier alpha value is -2.38. The summed E-state index contributed by atoms with van der Waals surface area (Å²) in [4.78, 5) is 28.6. The fraction of sp³-hybridized carbons (Fsp3) is 0.560. The van der Waals surface area contributed by atoms with Crippen molar-refractivity contribution in [3.63, 3.8) is 0 Å². The molecule has 2 aromatic rings. The number of esters is 1. The number of imidazole rings is 1. The zero-order valence-corrected chi connectivity index (χ0v) is 24.3. The molecule has 0 fully saturated rings. The third-order valence-corrected chi connectivity index (χ3v) is 4.64. The van der Waals surface area contributed by atoms with Crippen molar-refractivity contribution in [3.05, 3.63) is 36.8 Å². The number of nitrogens with two attached hydrogens (primary N) is 1. The predicted octanol–water partition coefficient (Wildman–Crippen LogP) is -0.122. The van der Waals surface area contributed by atoms with Crippen LogP contribution in [0.25, 0.3) is 11.3 Å². The van der Waals surface area contributed by atoms with Crippen LogP contribution in [0, 0.1) is 0 Å². The molecule has 0 spiro atoms. The number of carbonyl (C=O) groups excluding carboxylic acids is 2. The maximum atomic E-state index is 12.1. The molecule has 0 saturated heterocycles. The highest BCUT2D eigenvalue weighted by atomic mass is 127. The molecule has 0 saturated carbocycles. The molecular formula is C25H39IN4O6. The number of benzene rings is 1. The van der Waals surface area contributed by atoms with Crippen LogP contribution in [-0.4, -0.2) is 47.1 Å². The lowest BCUT2D eigenvalue weighted by molar-refractivity contribution is -0.660. The smallest absolute Gasteiger partial charge is 0.407 e. The van der Waals surface area contributed by atoms with E-state index in [2.05, 4.69) is 9.88 Å². The van der Waals surface area contributed by atoms with Gasteiger partial charge < -0.3 is 43.5 Å². The van der Waals surface area contributed by atoms with Gasteiger partial charge in [-0.1, -0.05) is 0 Å². The zero-order valence-electron chi connectivity index (χ0n) is 22.2. The van der Waals surface area contributed by atoms with Gasteiger partial charge in [-0.15, -0.1) is 0 Å². The minimum Gasteiger partial charge on any atom is -1.00 e. The van der Waals surface area contributed by atoms with Gasteiger partial charge in [0.1, 0.15) is 29.8 Å². The second-order valence-corrected chi connectivity index (χ2v) is 10.3. The van der Waals surface area contributed by atoms with Crippen molar-refractivity contribution in [2.24, 2.45) is 12.9 Å². The maximum Gasteiger partial charge on any atom is 0.407 e. The van der Waals surface area contributed by atoms with Crippen molar-refractivity contribution in [1.29, 1.82) is 0 Å². The summed E-state index contributed by atoms with van der Waals surface area (Å²) < 4.78 is 20.3. The first-order chi connectivity index (χ1) is 16.3. The topological polar surface area (TPSA) is 118 Å². The summed E-state index contributed by atoms with van der Waals surface area (Å²) >= 11 is 0. The molecule has 202 valence electrons. The number of hydrogen-bond acceptors (Lipinski definition) is 7. The normalized spacial score (nSPS) is 12.3. The van der Waals surface area contributed by atoms with Crippen molar-refractivity contribution in [1.82, 2.24) is 9.88 Å². The van der Waals surface area contributed by atoms with Gasteiger partial charge in [-0.3, -0.25) is 4.84 Å². The minimum absolute atomic E-state index is 0. The van der Waals surface area contributed by atoms with Crippen molar-refractivity contribution in [2.45, 2.75) is 71.8 Å². The number of nitrogens with one attached hydrogen (secondary N) is 1. The number of rotatable bonds is 10. The van der Waals surface area contributed by atoms with Crippen LogP contribution >= 0.6 is 0 Å². The van der Waals surface area contributed by atoms with Crippen LogP contribution in [0.3, 0.4) is 0 Å². The highest BCUT2D eigenvalue weighted by Crippen LogP contribution is 2.20. The van der Waals surface area contributed by atoms with E-state index in [0.29, 0.717) is 12.3 Å². The van der Waals surface area contributed by atoms with E-state index < -0.39 is 29.4 Å². The molecule has 0 aliphatic rings. The van der Waals surface area contributed by atoms with E-state index in [4.69, 9.17) is 24.9 Å². The van der Waals surface area contributed by atoms with Gasteiger partial charge in [-0.05, 0) is 65.8 Å². The molecule has 1 amide bonds. The van der Waals surface area contributed by atoms with Crippen LogP contribution in [0.1, 0.15) is 48.0 Å². The molecule has 1 atom stereocenters. The Kier molecular flexibility index (Phi) is 12.1. The van der Waals surface area contributed by atoms with Gasteiger partial charge >= 0.3 is 12.1 Å². The SMILES string of the molecule is C[n+]1cn(CCCNC(=O)OC(C)(C)C)cc1-c1ccc(OCC(ON)C(=O)OC(C)(C)C)cc1.[I-]. The Balaban J connectivity index is 0.00000648. The molecule has 1 aromatic heterocycles. The first-order valence-corrected chi connectivity index (χ1v) is 11.6. The van der Waals surface area contributed by atoms with Gasteiger partial charge in [-0.25, -0.2) is 24.6 Å². The number of amides is 1. The quantitative estimate of drug-likeness (QED) is 0.125. The highest BCUT2D eigenvalue weighted by molar-refractivity contribution is 5.75. The van der Waals surface area contributed by atoms with Crippen LogP contribution in [0.15, 0.2) is 36.8 Å². The number of halogens is 1. The second kappa shape index (κ2) is 13.8. The van der Waals surface area contributed by atoms with Gasteiger partial charge in [0.15, 0.2) is 5.69 Å². The lowest BCUT2D eigenvalue weighted by Gasteiger charge is -2.22. The second-order valence-electron chi connectivity index (χ2n) is 10.3. The van der Waals surface area contributed by atoms with E-state index in [0.717, 1.165) is 24.2 Å². The standard InChI is InChI=1S/C25H38N4O6.HI/c1-24(2,3)33-22(30)21(35-26)16-32-19-11-9-18(10-12-19)20-15-29(17-28(20)7)14-8-13-27-23(31)34-25(4,5)6;/h9-12,15,17,21H,8,13-14,16,26H2,1-7H3;1H. The Morgan fingerprint density at radius 2 is 1.67 bits per heavy atom. The largest absolute Gasteiger partial charge is 1.00 e. The van der Waals surface area contributed by atoms with E-state index in [-0.39, 0.29) is 30.6 Å². The Morgan fingerprint density at radius 1 is 1.06 bits per heavy atom. The number of alkyl carbamates (subject to hydrolysis) is 1. The molecule has 1 heterocycles. The van der Waals surface area contributed by atoms with E-state index >= 15 is 0 Å².